The van der Waals surface area contributed by atoms with Crippen molar-refractivity contribution in [3.8, 4) is 0 Å². The molecule has 1 amide bonds. The highest BCUT2D eigenvalue weighted by Gasteiger charge is 2.10. The number of amides is 1. The van der Waals surface area contributed by atoms with Crippen LogP contribution in [-0.4, -0.2) is 25.0 Å². The Kier molecular flexibility index (Phi) is 7.02. The van der Waals surface area contributed by atoms with Gasteiger partial charge in [0.25, 0.3) is 0 Å². The summed E-state index contributed by atoms with van der Waals surface area (Å²) in [5, 5.41) is 6.23. The molecule has 2 N–H and O–H groups in total. The number of hydrogen-bond acceptors (Lipinski definition) is 2. The zero-order valence-corrected chi connectivity index (χ0v) is 12.1. The molecule has 18 heavy (non-hydrogen) atoms. The summed E-state index contributed by atoms with van der Waals surface area (Å²) >= 11 is 0. The highest BCUT2D eigenvalue weighted by atomic mass is 16.1. The van der Waals surface area contributed by atoms with E-state index in [-0.39, 0.29) is 11.9 Å². The Morgan fingerprint density at radius 3 is 2.72 bits per heavy atom. The molecule has 0 aromatic heterocycles. The summed E-state index contributed by atoms with van der Waals surface area (Å²) in [6.45, 7) is 7.64. The van der Waals surface area contributed by atoms with Gasteiger partial charge in [0.05, 0.1) is 6.54 Å². The Bertz CT molecular complexity index is 284. The zero-order valence-electron chi connectivity index (χ0n) is 12.1. The molecule has 104 valence electrons. The molecule has 0 aromatic carbocycles. The molecule has 1 rings (SSSR count). The van der Waals surface area contributed by atoms with E-state index in [9.17, 15) is 4.79 Å². The lowest BCUT2D eigenvalue weighted by atomic mass is 9.97. The molecular formula is C15H28N2O. The zero-order chi connectivity index (χ0) is 13.4. The highest BCUT2D eigenvalue weighted by molar-refractivity contribution is 5.78. The molecule has 1 unspecified atom stereocenters. The van der Waals surface area contributed by atoms with Gasteiger partial charge in [0.1, 0.15) is 0 Å². The lowest BCUT2D eigenvalue weighted by Gasteiger charge is -2.18. The number of hydrogen-bond donors (Lipinski definition) is 2. The van der Waals surface area contributed by atoms with E-state index in [0.717, 1.165) is 13.0 Å². The predicted octanol–water partition coefficient (Wildman–Crippen LogP) is 2.63. The van der Waals surface area contributed by atoms with Crippen LogP contribution in [0.4, 0.5) is 0 Å². The first-order valence-corrected chi connectivity index (χ1v) is 7.27. The molecule has 3 heteroatoms. The van der Waals surface area contributed by atoms with Gasteiger partial charge in [-0.3, -0.25) is 4.79 Å². The third kappa shape index (κ3) is 6.20. The molecule has 1 aliphatic carbocycles. The number of nitrogens with one attached hydrogen (secondary N) is 2. The summed E-state index contributed by atoms with van der Waals surface area (Å²) in [6, 6.07) is 0.250. The van der Waals surface area contributed by atoms with Crippen LogP contribution in [0.3, 0.4) is 0 Å². The van der Waals surface area contributed by atoms with E-state index < -0.39 is 0 Å². The second kappa shape index (κ2) is 8.30. The molecule has 0 aromatic rings. The summed E-state index contributed by atoms with van der Waals surface area (Å²) in [5.41, 5.74) is 1.56. The van der Waals surface area contributed by atoms with Crippen LogP contribution in [0.2, 0.25) is 0 Å². The maximum Gasteiger partial charge on any atom is 0.234 e. The number of carbonyl (C=O) groups is 1. The average molecular weight is 252 g/mol. The first-order chi connectivity index (χ1) is 8.59. The molecular weight excluding hydrogens is 224 g/mol. The molecule has 0 saturated carbocycles. The third-order valence-corrected chi connectivity index (χ3v) is 3.68. The minimum absolute atomic E-state index is 0.105. The molecule has 3 nitrogen and oxygen atoms in total. The van der Waals surface area contributed by atoms with E-state index >= 15 is 0 Å². The second-order valence-corrected chi connectivity index (χ2v) is 5.64. The van der Waals surface area contributed by atoms with Gasteiger partial charge in [-0.05, 0) is 51.5 Å². The second-order valence-electron chi connectivity index (χ2n) is 5.64. The highest BCUT2D eigenvalue weighted by Crippen LogP contribution is 2.19. The summed E-state index contributed by atoms with van der Waals surface area (Å²) in [4.78, 5) is 11.6. The van der Waals surface area contributed by atoms with Gasteiger partial charge in [-0.25, -0.2) is 0 Å². The molecule has 1 aliphatic rings. The van der Waals surface area contributed by atoms with Crippen molar-refractivity contribution in [1.82, 2.24) is 10.6 Å². The molecule has 0 radical (unpaired) electrons. The molecule has 0 fully saturated rings. The fourth-order valence-electron chi connectivity index (χ4n) is 2.05. The van der Waals surface area contributed by atoms with E-state index in [2.05, 4.69) is 37.5 Å². The first kappa shape index (κ1) is 15.2. The molecule has 0 aliphatic heterocycles. The van der Waals surface area contributed by atoms with E-state index in [4.69, 9.17) is 0 Å². The lowest BCUT2D eigenvalue weighted by Crippen LogP contribution is -2.41. The van der Waals surface area contributed by atoms with Crippen molar-refractivity contribution in [2.24, 2.45) is 5.92 Å². The van der Waals surface area contributed by atoms with Crippen molar-refractivity contribution >= 4 is 5.91 Å². The maximum absolute atomic E-state index is 11.6. The topological polar surface area (TPSA) is 41.1 Å². The Morgan fingerprint density at radius 2 is 2.11 bits per heavy atom. The van der Waals surface area contributed by atoms with Crippen molar-refractivity contribution < 1.29 is 4.79 Å². The molecule has 1 atom stereocenters. The summed E-state index contributed by atoms with van der Waals surface area (Å²) < 4.78 is 0. The standard InChI is InChI=1S/C15H28N2O/c1-12(2)13(3)17-15(18)11-16-10-9-14-7-5-4-6-8-14/h7,12-13,16H,4-6,8-11H2,1-3H3,(H,17,18). The van der Waals surface area contributed by atoms with Crippen molar-refractivity contribution in [2.75, 3.05) is 13.1 Å². The van der Waals surface area contributed by atoms with Crippen LogP contribution in [0.1, 0.15) is 52.9 Å². The van der Waals surface area contributed by atoms with Crippen LogP contribution in [-0.2, 0) is 4.79 Å². The van der Waals surface area contributed by atoms with Crippen LogP contribution in [0.15, 0.2) is 11.6 Å². The molecule has 0 heterocycles. The van der Waals surface area contributed by atoms with E-state index in [1.165, 1.54) is 25.7 Å². The minimum atomic E-state index is 0.105. The normalized spacial score (nSPS) is 17.4. The Morgan fingerprint density at radius 1 is 1.33 bits per heavy atom. The third-order valence-electron chi connectivity index (χ3n) is 3.68. The fraction of sp³-hybridized carbons (Fsp3) is 0.800. The summed E-state index contributed by atoms with van der Waals surface area (Å²) in [6.07, 6.45) is 8.61. The van der Waals surface area contributed by atoms with Crippen LogP contribution in [0, 0.1) is 5.92 Å². The van der Waals surface area contributed by atoms with Crippen molar-refractivity contribution in [1.29, 1.82) is 0 Å². The number of carbonyl (C=O) groups excluding carboxylic acids is 1. The Balaban J connectivity index is 2.06. The Hall–Kier alpha value is -0.830. The summed E-state index contributed by atoms with van der Waals surface area (Å²) in [5.74, 6) is 0.593. The lowest BCUT2D eigenvalue weighted by molar-refractivity contribution is -0.121. The van der Waals surface area contributed by atoms with Crippen molar-refractivity contribution in [3.63, 3.8) is 0 Å². The largest absolute Gasteiger partial charge is 0.352 e. The van der Waals surface area contributed by atoms with Gasteiger partial charge in [-0.15, -0.1) is 0 Å². The number of rotatable bonds is 7. The Labute approximate surface area is 111 Å². The predicted molar refractivity (Wildman–Crippen MR) is 76.5 cm³/mol. The van der Waals surface area contributed by atoms with E-state index in [1.807, 2.05) is 0 Å². The van der Waals surface area contributed by atoms with Gasteiger partial charge in [0.2, 0.25) is 5.91 Å². The fourth-order valence-corrected chi connectivity index (χ4v) is 2.05. The van der Waals surface area contributed by atoms with Gasteiger partial charge >= 0.3 is 0 Å². The smallest absolute Gasteiger partial charge is 0.234 e. The molecule has 0 spiro atoms. The number of allylic oxidation sites excluding steroid dienone is 1. The quantitative estimate of drug-likeness (QED) is 0.540. The van der Waals surface area contributed by atoms with Crippen molar-refractivity contribution in [2.45, 2.75) is 58.9 Å². The van der Waals surface area contributed by atoms with Crippen LogP contribution in [0.5, 0.6) is 0 Å². The molecule has 0 bridgehead atoms. The van der Waals surface area contributed by atoms with Crippen LogP contribution >= 0.6 is 0 Å². The van der Waals surface area contributed by atoms with Gasteiger partial charge in [-0.2, -0.15) is 0 Å². The summed E-state index contributed by atoms with van der Waals surface area (Å²) in [7, 11) is 0. The SMILES string of the molecule is CC(C)C(C)NC(=O)CNCCC1=CCCCC1. The van der Waals surface area contributed by atoms with Crippen molar-refractivity contribution in [3.05, 3.63) is 11.6 Å². The average Bonchev–Trinajstić information content (AvgIpc) is 2.35. The minimum Gasteiger partial charge on any atom is -0.352 e. The van der Waals surface area contributed by atoms with Gasteiger partial charge < -0.3 is 10.6 Å². The first-order valence-electron chi connectivity index (χ1n) is 7.27. The maximum atomic E-state index is 11.6. The van der Waals surface area contributed by atoms with Gasteiger partial charge in [0.15, 0.2) is 0 Å². The van der Waals surface area contributed by atoms with E-state index in [0.29, 0.717) is 12.5 Å². The van der Waals surface area contributed by atoms with Crippen LogP contribution in [0.25, 0.3) is 0 Å². The van der Waals surface area contributed by atoms with E-state index in [1.54, 1.807) is 5.57 Å². The van der Waals surface area contributed by atoms with Gasteiger partial charge in [-0.1, -0.05) is 25.5 Å². The monoisotopic (exact) mass is 252 g/mol. The van der Waals surface area contributed by atoms with Gasteiger partial charge in [0, 0.05) is 6.04 Å². The molecule has 0 saturated heterocycles. The van der Waals surface area contributed by atoms with Crippen LogP contribution < -0.4 is 10.6 Å².